The van der Waals surface area contributed by atoms with Crippen LogP contribution in [-0.2, 0) is 9.53 Å². The second-order valence-electron chi connectivity index (χ2n) is 5.26. The Morgan fingerprint density at radius 2 is 2.29 bits per heavy atom. The van der Waals surface area contributed by atoms with Gasteiger partial charge in [-0.3, -0.25) is 9.59 Å². The van der Waals surface area contributed by atoms with E-state index in [1.54, 1.807) is 11.1 Å². The summed E-state index contributed by atoms with van der Waals surface area (Å²) in [6.45, 7) is 3.31. The maximum Gasteiger partial charge on any atom is 0.285 e. The number of fused-ring (bicyclic) bond motifs is 1. The molecule has 1 atom stereocenters. The van der Waals surface area contributed by atoms with Gasteiger partial charge in [0, 0.05) is 13.2 Å². The van der Waals surface area contributed by atoms with Crippen LogP contribution in [0.5, 0.6) is 0 Å². The zero-order valence-electron chi connectivity index (χ0n) is 12.1. The quantitative estimate of drug-likeness (QED) is 0.852. The van der Waals surface area contributed by atoms with E-state index in [0.29, 0.717) is 29.5 Å². The molecule has 0 aromatic carbocycles. The van der Waals surface area contributed by atoms with Crippen molar-refractivity contribution in [1.29, 1.82) is 0 Å². The van der Waals surface area contributed by atoms with E-state index in [2.05, 4.69) is 5.10 Å². The monoisotopic (exact) mass is 309 g/mol. The highest BCUT2D eigenvalue weighted by atomic mass is 32.2. The molecule has 1 saturated heterocycles. The van der Waals surface area contributed by atoms with Gasteiger partial charge in [0.15, 0.2) is 6.23 Å². The van der Waals surface area contributed by atoms with Crippen LogP contribution in [0.3, 0.4) is 0 Å². The molecule has 1 unspecified atom stereocenters. The van der Waals surface area contributed by atoms with Crippen molar-refractivity contribution in [2.24, 2.45) is 0 Å². The van der Waals surface area contributed by atoms with Gasteiger partial charge in [0.2, 0.25) is 5.91 Å². The van der Waals surface area contributed by atoms with Crippen LogP contribution in [0, 0.1) is 0 Å². The molecule has 1 amide bonds. The number of thioether (sulfide) groups is 1. The van der Waals surface area contributed by atoms with Crippen molar-refractivity contribution in [1.82, 2.24) is 9.78 Å². The molecule has 0 spiro atoms. The highest BCUT2D eigenvalue weighted by Crippen LogP contribution is 2.32. The fourth-order valence-electron chi connectivity index (χ4n) is 2.71. The maximum absolute atomic E-state index is 12.6. The Morgan fingerprint density at radius 3 is 3.00 bits per heavy atom. The fourth-order valence-corrected chi connectivity index (χ4v) is 3.66. The average Bonchev–Trinajstić information content (AvgIpc) is 2.51. The van der Waals surface area contributed by atoms with E-state index in [1.165, 1.54) is 16.4 Å². The molecule has 2 aliphatic heterocycles. The third-order valence-corrected chi connectivity index (χ3v) is 4.81. The molecule has 3 heterocycles. The lowest BCUT2D eigenvalue weighted by Crippen LogP contribution is -2.40. The zero-order valence-corrected chi connectivity index (χ0v) is 12.9. The van der Waals surface area contributed by atoms with E-state index >= 15 is 0 Å². The lowest BCUT2D eigenvalue weighted by atomic mass is 10.2. The van der Waals surface area contributed by atoms with Crippen LogP contribution >= 0.6 is 11.8 Å². The number of aromatic nitrogens is 2. The van der Waals surface area contributed by atoms with Crippen LogP contribution in [0.1, 0.15) is 38.8 Å². The van der Waals surface area contributed by atoms with Gasteiger partial charge >= 0.3 is 0 Å². The van der Waals surface area contributed by atoms with E-state index in [-0.39, 0.29) is 17.7 Å². The summed E-state index contributed by atoms with van der Waals surface area (Å²) in [5.41, 5.74) is 0.508. The van der Waals surface area contributed by atoms with Crippen LogP contribution in [0.2, 0.25) is 0 Å². The summed E-state index contributed by atoms with van der Waals surface area (Å²) in [7, 11) is 0. The number of carbonyl (C=O) groups is 1. The molecule has 2 aliphatic rings. The molecule has 0 radical (unpaired) electrons. The molecular formula is C14H19N3O3S. The summed E-state index contributed by atoms with van der Waals surface area (Å²) in [5, 5.41) is 4.25. The van der Waals surface area contributed by atoms with Crippen LogP contribution in [-0.4, -0.2) is 34.6 Å². The van der Waals surface area contributed by atoms with Crippen LogP contribution in [0.25, 0.3) is 0 Å². The third-order valence-electron chi connectivity index (χ3n) is 3.75. The van der Waals surface area contributed by atoms with E-state index in [1.807, 2.05) is 6.92 Å². The Bertz CT molecular complexity index is 596. The minimum Gasteiger partial charge on any atom is -0.356 e. The molecule has 114 valence electrons. The average molecular weight is 309 g/mol. The smallest absolute Gasteiger partial charge is 0.285 e. The second-order valence-corrected chi connectivity index (χ2v) is 6.25. The van der Waals surface area contributed by atoms with Crippen molar-refractivity contribution < 1.29 is 9.53 Å². The maximum atomic E-state index is 12.6. The summed E-state index contributed by atoms with van der Waals surface area (Å²) in [6.07, 6.45) is 5.11. The number of anilines is 1. The predicted octanol–water partition coefficient (Wildman–Crippen LogP) is 1.79. The summed E-state index contributed by atoms with van der Waals surface area (Å²) in [5.74, 6) is 0.361. The molecule has 1 aromatic rings. The minimum absolute atomic E-state index is 0.0437. The van der Waals surface area contributed by atoms with Crippen molar-refractivity contribution >= 4 is 23.4 Å². The van der Waals surface area contributed by atoms with Crippen molar-refractivity contribution in [3.63, 3.8) is 0 Å². The third kappa shape index (κ3) is 2.72. The summed E-state index contributed by atoms with van der Waals surface area (Å²) in [6, 6.07) is 0. The number of rotatable bonds is 3. The second kappa shape index (κ2) is 6.19. The summed E-state index contributed by atoms with van der Waals surface area (Å²) >= 11 is 1.31. The normalized spacial score (nSPS) is 22.2. The molecule has 1 fully saturated rings. The molecule has 1 aromatic heterocycles. The van der Waals surface area contributed by atoms with Crippen LogP contribution in [0.15, 0.2) is 15.9 Å². The Hall–Kier alpha value is -1.34. The van der Waals surface area contributed by atoms with Crippen LogP contribution in [0.4, 0.5) is 5.69 Å². The first kappa shape index (κ1) is 14.6. The van der Waals surface area contributed by atoms with Gasteiger partial charge < -0.3 is 9.64 Å². The number of amides is 1. The van der Waals surface area contributed by atoms with Gasteiger partial charge in [0.1, 0.15) is 4.90 Å². The predicted molar refractivity (Wildman–Crippen MR) is 80.7 cm³/mol. The molecule has 0 saturated carbocycles. The number of hydrogen-bond donors (Lipinski definition) is 0. The van der Waals surface area contributed by atoms with E-state index < -0.39 is 0 Å². The standard InChI is InChI=1S/C14H19N3O3S/c1-2-6-16-10-8-15-17(12-5-3-4-7-20-12)14(19)13(10)21-9-11(16)18/h8,12H,2-7,9H2,1H3. The Morgan fingerprint density at radius 1 is 1.43 bits per heavy atom. The molecule has 0 N–H and O–H groups in total. The summed E-state index contributed by atoms with van der Waals surface area (Å²) < 4.78 is 7.08. The van der Waals surface area contributed by atoms with E-state index in [9.17, 15) is 9.59 Å². The number of hydrogen-bond acceptors (Lipinski definition) is 5. The van der Waals surface area contributed by atoms with Gasteiger partial charge in [-0.25, -0.2) is 0 Å². The Kier molecular flexibility index (Phi) is 4.30. The van der Waals surface area contributed by atoms with Crippen molar-refractivity contribution in [3.8, 4) is 0 Å². The van der Waals surface area contributed by atoms with E-state index in [4.69, 9.17) is 4.74 Å². The summed E-state index contributed by atoms with van der Waals surface area (Å²) in [4.78, 5) is 26.9. The Balaban J connectivity index is 1.98. The highest BCUT2D eigenvalue weighted by molar-refractivity contribution is 8.00. The molecular weight excluding hydrogens is 290 g/mol. The van der Waals surface area contributed by atoms with Gasteiger partial charge in [-0.15, -0.1) is 11.8 Å². The van der Waals surface area contributed by atoms with Gasteiger partial charge in [0.05, 0.1) is 17.6 Å². The van der Waals surface area contributed by atoms with Gasteiger partial charge in [-0.1, -0.05) is 6.92 Å². The lowest BCUT2D eigenvalue weighted by molar-refractivity contribution is -0.116. The topological polar surface area (TPSA) is 64.4 Å². The van der Waals surface area contributed by atoms with Crippen molar-refractivity contribution in [2.75, 3.05) is 23.8 Å². The first-order valence-electron chi connectivity index (χ1n) is 7.39. The highest BCUT2D eigenvalue weighted by Gasteiger charge is 2.29. The molecule has 0 aliphatic carbocycles. The molecule has 7 heteroatoms. The fraction of sp³-hybridized carbons (Fsp3) is 0.643. The molecule has 6 nitrogen and oxygen atoms in total. The molecule has 21 heavy (non-hydrogen) atoms. The van der Waals surface area contributed by atoms with Gasteiger partial charge in [0.25, 0.3) is 5.56 Å². The van der Waals surface area contributed by atoms with Gasteiger partial charge in [-0.2, -0.15) is 9.78 Å². The number of ether oxygens (including phenoxy) is 1. The number of nitrogens with zero attached hydrogens (tertiary/aromatic N) is 3. The number of carbonyl (C=O) groups excluding carboxylic acids is 1. The Labute approximate surface area is 127 Å². The first-order valence-corrected chi connectivity index (χ1v) is 8.37. The van der Waals surface area contributed by atoms with Crippen LogP contribution < -0.4 is 10.5 Å². The largest absolute Gasteiger partial charge is 0.356 e. The zero-order chi connectivity index (χ0) is 14.8. The molecule has 0 bridgehead atoms. The molecule has 3 rings (SSSR count). The van der Waals surface area contributed by atoms with Crippen molar-refractivity contribution in [2.45, 2.75) is 43.7 Å². The SMILES string of the molecule is CCCN1C(=O)CSc2c1cnn(C1CCCCO1)c2=O. The van der Waals surface area contributed by atoms with Gasteiger partial charge in [-0.05, 0) is 25.7 Å². The lowest BCUT2D eigenvalue weighted by Gasteiger charge is -2.29. The first-order chi connectivity index (χ1) is 10.2. The minimum atomic E-state index is -0.269. The van der Waals surface area contributed by atoms with E-state index in [0.717, 1.165) is 25.7 Å². The van der Waals surface area contributed by atoms with Crippen molar-refractivity contribution in [3.05, 3.63) is 16.6 Å².